The molecule has 112 valence electrons. The summed E-state index contributed by atoms with van der Waals surface area (Å²) in [6.07, 6.45) is 1.77. The van der Waals surface area contributed by atoms with Gasteiger partial charge in [-0.1, -0.05) is 18.2 Å². The number of aromatic nitrogens is 1. The number of rotatable bonds is 7. The van der Waals surface area contributed by atoms with Gasteiger partial charge in [0, 0.05) is 30.4 Å². The molecule has 1 aromatic carbocycles. The first-order valence-electron chi connectivity index (χ1n) is 7.18. The van der Waals surface area contributed by atoms with Gasteiger partial charge in [0.15, 0.2) is 0 Å². The predicted molar refractivity (Wildman–Crippen MR) is 83.7 cm³/mol. The van der Waals surface area contributed by atoms with Crippen molar-refractivity contribution in [2.75, 3.05) is 13.7 Å². The molecular weight excluding hydrogens is 264 g/mol. The number of nitrogens with one attached hydrogen (secondary N) is 1. The minimum absolute atomic E-state index is 0.199. The second-order valence-electron chi connectivity index (χ2n) is 4.78. The van der Waals surface area contributed by atoms with Crippen LogP contribution in [-0.2, 0) is 6.54 Å². The highest BCUT2D eigenvalue weighted by atomic mass is 16.5. The molecular formula is C17H22N2O2. The third kappa shape index (κ3) is 4.20. The average molecular weight is 286 g/mol. The SMILES string of the molecule is CCOc1cc(CN[C@H](C)c2ccccc2OC)ccn1. The molecule has 0 aliphatic carbocycles. The predicted octanol–water partition coefficient (Wildman–Crippen LogP) is 3.34. The van der Waals surface area contributed by atoms with E-state index in [4.69, 9.17) is 9.47 Å². The maximum Gasteiger partial charge on any atom is 0.213 e. The van der Waals surface area contributed by atoms with E-state index in [1.165, 1.54) is 0 Å². The van der Waals surface area contributed by atoms with Gasteiger partial charge >= 0.3 is 0 Å². The van der Waals surface area contributed by atoms with E-state index in [2.05, 4.69) is 23.3 Å². The molecule has 2 rings (SSSR count). The summed E-state index contributed by atoms with van der Waals surface area (Å²) in [4.78, 5) is 4.17. The molecule has 4 nitrogen and oxygen atoms in total. The van der Waals surface area contributed by atoms with E-state index >= 15 is 0 Å². The smallest absolute Gasteiger partial charge is 0.213 e. The summed E-state index contributed by atoms with van der Waals surface area (Å²) in [5.41, 5.74) is 2.30. The van der Waals surface area contributed by atoms with E-state index in [1.54, 1.807) is 13.3 Å². The van der Waals surface area contributed by atoms with Crippen LogP contribution in [0.15, 0.2) is 42.6 Å². The van der Waals surface area contributed by atoms with Gasteiger partial charge in [-0.15, -0.1) is 0 Å². The van der Waals surface area contributed by atoms with E-state index in [0.29, 0.717) is 12.5 Å². The minimum atomic E-state index is 0.199. The Morgan fingerprint density at radius 1 is 1.24 bits per heavy atom. The molecule has 0 bridgehead atoms. The Morgan fingerprint density at radius 3 is 2.81 bits per heavy atom. The lowest BCUT2D eigenvalue weighted by molar-refractivity contribution is 0.326. The van der Waals surface area contributed by atoms with Gasteiger partial charge in [0.2, 0.25) is 5.88 Å². The molecule has 4 heteroatoms. The van der Waals surface area contributed by atoms with Crippen molar-refractivity contribution in [2.45, 2.75) is 26.4 Å². The monoisotopic (exact) mass is 286 g/mol. The topological polar surface area (TPSA) is 43.4 Å². The Balaban J connectivity index is 2.00. The Morgan fingerprint density at radius 2 is 2.05 bits per heavy atom. The molecule has 0 saturated carbocycles. The fourth-order valence-corrected chi connectivity index (χ4v) is 2.19. The van der Waals surface area contributed by atoms with Crippen LogP contribution in [0, 0.1) is 0 Å². The van der Waals surface area contributed by atoms with Crippen LogP contribution < -0.4 is 14.8 Å². The number of ether oxygens (including phenoxy) is 2. The van der Waals surface area contributed by atoms with E-state index in [9.17, 15) is 0 Å². The summed E-state index contributed by atoms with van der Waals surface area (Å²) in [6.45, 7) is 5.46. The number of pyridine rings is 1. The molecule has 1 N–H and O–H groups in total. The van der Waals surface area contributed by atoms with Gasteiger partial charge in [-0.25, -0.2) is 4.98 Å². The van der Waals surface area contributed by atoms with Gasteiger partial charge in [0.05, 0.1) is 13.7 Å². The second kappa shape index (κ2) is 7.64. The number of hydrogen-bond donors (Lipinski definition) is 1. The zero-order valence-electron chi connectivity index (χ0n) is 12.8. The fourth-order valence-electron chi connectivity index (χ4n) is 2.19. The third-order valence-electron chi connectivity index (χ3n) is 3.31. The summed E-state index contributed by atoms with van der Waals surface area (Å²) in [6, 6.07) is 12.2. The maximum absolute atomic E-state index is 5.42. The molecule has 2 aromatic rings. The van der Waals surface area contributed by atoms with Crippen LogP contribution in [0.3, 0.4) is 0 Å². The van der Waals surface area contributed by atoms with Crippen LogP contribution in [0.2, 0.25) is 0 Å². The van der Waals surface area contributed by atoms with E-state index in [1.807, 2.05) is 37.3 Å². The Hall–Kier alpha value is -2.07. The zero-order chi connectivity index (χ0) is 15.1. The Bertz CT molecular complexity index is 572. The first-order valence-corrected chi connectivity index (χ1v) is 7.18. The fraction of sp³-hybridized carbons (Fsp3) is 0.353. The van der Waals surface area contributed by atoms with Crippen molar-refractivity contribution in [3.8, 4) is 11.6 Å². The highest BCUT2D eigenvalue weighted by Crippen LogP contribution is 2.24. The number of methoxy groups -OCH3 is 1. The lowest BCUT2D eigenvalue weighted by Gasteiger charge is -2.17. The molecule has 0 fully saturated rings. The second-order valence-corrected chi connectivity index (χ2v) is 4.78. The van der Waals surface area contributed by atoms with Crippen LogP contribution in [0.25, 0.3) is 0 Å². The summed E-state index contributed by atoms with van der Waals surface area (Å²) in [5.74, 6) is 1.57. The third-order valence-corrected chi connectivity index (χ3v) is 3.31. The lowest BCUT2D eigenvalue weighted by Crippen LogP contribution is -2.18. The molecule has 0 spiro atoms. The first kappa shape index (κ1) is 15.3. The molecule has 0 unspecified atom stereocenters. The van der Waals surface area contributed by atoms with Crippen LogP contribution in [-0.4, -0.2) is 18.7 Å². The van der Waals surface area contributed by atoms with Gasteiger partial charge in [-0.3, -0.25) is 0 Å². The van der Waals surface area contributed by atoms with Crippen LogP contribution in [0.4, 0.5) is 0 Å². The van der Waals surface area contributed by atoms with Gasteiger partial charge < -0.3 is 14.8 Å². The van der Waals surface area contributed by atoms with Crippen molar-refractivity contribution in [3.63, 3.8) is 0 Å². The molecule has 0 amide bonds. The molecule has 0 saturated heterocycles. The van der Waals surface area contributed by atoms with Crippen molar-refractivity contribution in [1.82, 2.24) is 10.3 Å². The van der Waals surface area contributed by atoms with Crippen molar-refractivity contribution in [2.24, 2.45) is 0 Å². The van der Waals surface area contributed by atoms with Crippen LogP contribution in [0.1, 0.15) is 31.0 Å². The number of hydrogen-bond acceptors (Lipinski definition) is 4. The van der Waals surface area contributed by atoms with Gasteiger partial charge in [0.1, 0.15) is 5.75 Å². The van der Waals surface area contributed by atoms with Crippen molar-refractivity contribution in [3.05, 3.63) is 53.7 Å². The highest BCUT2D eigenvalue weighted by Gasteiger charge is 2.10. The highest BCUT2D eigenvalue weighted by molar-refractivity contribution is 5.35. The quantitative estimate of drug-likeness (QED) is 0.847. The van der Waals surface area contributed by atoms with Crippen LogP contribution >= 0.6 is 0 Å². The number of nitrogens with zero attached hydrogens (tertiary/aromatic N) is 1. The lowest BCUT2D eigenvalue weighted by atomic mass is 10.1. The van der Waals surface area contributed by atoms with Crippen molar-refractivity contribution < 1.29 is 9.47 Å². The van der Waals surface area contributed by atoms with Gasteiger partial charge in [0.25, 0.3) is 0 Å². The first-order chi connectivity index (χ1) is 10.2. The van der Waals surface area contributed by atoms with E-state index < -0.39 is 0 Å². The van der Waals surface area contributed by atoms with Crippen molar-refractivity contribution >= 4 is 0 Å². The molecule has 0 aliphatic rings. The molecule has 0 radical (unpaired) electrons. The summed E-state index contributed by atoms with van der Waals surface area (Å²) in [7, 11) is 1.70. The van der Waals surface area contributed by atoms with Gasteiger partial charge in [-0.05, 0) is 31.5 Å². The van der Waals surface area contributed by atoms with E-state index in [0.717, 1.165) is 23.4 Å². The van der Waals surface area contributed by atoms with Crippen molar-refractivity contribution in [1.29, 1.82) is 0 Å². The largest absolute Gasteiger partial charge is 0.496 e. The standard InChI is InChI=1S/C17H22N2O2/c1-4-21-17-11-14(9-10-18-17)12-19-13(2)15-7-5-6-8-16(15)20-3/h5-11,13,19H,4,12H2,1-3H3/t13-/m1/s1. The average Bonchev–Trinajstić information content (AvgIpc) is 2.53. The molecule has 1 atom stereocenters. The Labute approximate surface area is 126 Å². The maximum atomic E-state index is 5.42. The van der Waals surface area contributed by atoms with Crippen LogP contribution in [0.5, 0.6) is 11.6 Å². The number of para-hydroxylation sites is 1. The van der Waals surface area contributed by atoms with E-state index in [-0.39, 0.29) is 6.04 Å². The normalized spacial score (nSPS) is 12.0. The molecule has 21 heavy (non-hydrogen) atoms. The molecule has 1 aromatic heterocycles. The zero-order valence-corrected chi connectivity index (χ0v) is 12.8. The minimum Gasteiger partial charge on any atom is -0.496 e. The summed E-state index contributed by atoms with van der Waals surface area (Å²) >= 11 is 0. The van der Waals surface area contributed by atoms with Gasteiger partial charge in [-0.2, -0.15) is 0 Å². The molecule has 1 heterocycles. The summed E-state index contributed by atoms with van der Waals surface area (Å²) in [5, 5.41) is 3.50. The molecule has 0 aliphatic heterocycles. The number of benzene rings is 1. The Kier molecular flexibility index (Phi) is 5.58. The summed E-state index contributed by atoms with van der Waals surface area (Å²) < 4.78 is 10.8.